The Hall–Kier alpha value is -2.56. The molecule has 268 valence electrons. The number of hydrogen-bond acceptors (Lipinski definition) is 12. The van der Waals surface area contributed by atoms with Gasteiger partial charge in [0.15, 0.2) is 0 Å². The molecule has 46 heavy (non-hydrogen) atoms. The molecule has 1 unspecified atom stereocenters. The van der Waals surface area contributed by atoms with E-state index in [1.807, 2.05) is 0 Å². The zero-order valence-electron chi connectivity index (χ0n) is 29.2. The Morgan fingerprint density at radius 1 is 0.696 bits per heavy atom. The van der Waals surface area contributed by atoms with E-state index in [1.54, 1.807) is 69.7 Å². The lowest BCUT2D eigenvalue weighted by molar-refractivity contribution is -0.884. The van der Waals surface area contributed by atoms with Crippen LogP contribution in [0.1, 0.15) is 48.0 Å². The average molecular weight is 793 g/mol. The number of hydrogen-bond donors (Lipinski definition) is 0. The molecule has 0 saturated heterocycles. The molecule has 0 aliphatic rings. The maximum atomic E-state index is 12.2. The molecule has 0 heterocycles. The largest absolute Gasteiger partial charge is 0.544 e. The lowest BCUT2D eigenvalue weighted by Crippen LogP contribution is -2.50. The predicted molar refractivity (Wildman–Crippen MR) is 173 cm³/mol. The van der Waals surface area contributed by atoms with Crippen molar-refractivity contribution in [3.63, 3.8) is 0 Å². The summed E-state index contributed by atoms with van der Waals surface area (Å²) in [7, 11) is 9.53. The minimum Gasteiger partial charge on any atom is -0.544 e. The van der Waals surface area contributed by atoms with Crippen molar-refractivity contribution >= 4 is 67.7 Å². The van der Waals surface area contributed by atoms with Crippen molar-refractivity contribution < 1.29 is 66.9 Å². The Labute approximate surface area is 289 Å². The van der Waals surface area contributed by atoms with E-state index >= 15 is 0 Å². The number of aliphatic carboxylic acids is 2. The van der Waals surface area contributed by atoms with E-state index in [0.717, 1.165) is 0 Å². The minimum absolute atomic E-state index is 0.0684. The second-order valence-corrected chi connectivity index (χ2v) is 16.9. The van der Waals surface area contributed by atoms with Gasteiger partial charge in [-0.15, -0.1) is 0 Å². The predicted octanol–water partition coefficient (Wildman–Crippen LogP) is 0.364. The monoisotopic (exact) mass is 790 g/mol. The van der Waals surface area contributed by atoms with Gasteiger partial charge in [-0.25, -0.2) is 4.79 Å². The molecule has 0 aromatic carbocycles. The van der Waals surface area contributed by atoms with Crippen LogP contribution in [0.15, 0.2) is 12.2 Å². The molecule has 0 fully saturated rings. The maximum absolute atomic E-state index is 12.2. The third-order valence-corrected chi connectivity index (χ3v) is 6.86. The number of quaternary nitrogens is 2. The highest BCUT2D eigenvalue weighted by atomic mass is 79.9. The van der Waals surface area contributed by atoms with Gasteiger partial charge in [0.1, 0.15) is 48.0 Å². The molecule has 0 aromatic rings. The van der Waals surface area contributed by atoms with Crippen molar-refractivity contribution in [3.05, 3.63) is 12.2 Å². The second-order valence-electron chi connectivity index (χ2n) is 13.1. The summed E-state index contributed by atoms with van der Waals surface area (Å²) in [6.07, 6.45) is 0.197. The third kappa shape index (κ3) is 23.7. The number of carboxylic acids is 2. The van der Waals surface area contributed by atoms with Crippen molar-refractivity contribution in [2.45, 2.75) is 56.6 Å². The first-order valence-corrected chi connectivity index (χ1v) is 15.6. The van der Waals surface area contributed by atoms with E-state index in [0.29, 0.717) is 18.7 Å². The summed E-state index contributed by atoms with van der Waals surface area (Å²) in [5.41, 5.74) is -0.517. The normalized spacial score (nSPS) is 12.8. The van der Waals surface area contributed by atoms with Gasteiger partial charge in [-0.3, -0.25) is 14.4 Å². The molecular weight excluding hydrogens is 740 g/mol. The third-order valence-electron chi connectivity index (χ3n) is 5.93. The number of methoxy groups -OCH3 is 2. The standard InChI is InChI=1S/C15H26BrNO6.C10H17NO4.C5H9BrO2/c1-14(2,12(20)22-6)10-15(3,16)13(21)23-8-7-17(4,5)9-11(18)19;1-8(2)10(14)15-6-5-11(3,4)7-9(12)13;1-5(2,6)4(7)8-3/h7-10H2,1-6H3;1,5-7H2,2-4H3;1-3H3. The van der Waals surface area contributed by atoms with Crippen LogP contribution in [0, 0.1) is 5.41 Å². The van der Waals surface area contributed by atoms with Crippen LogP contribution in [0.25, 0.3) is 0 Å². The molecule has 0 aliphatic carbocycles. The van der Waals surface area contributed by atoms with E-state index < -0.39 is 43.9 Å². The lowest BCUT2D eigenvalue weighted by atomic mass is 9.83. The van der Waals surface area contributed by atoms with E-state index in [4.69, 9.17) is 14.2 Å². The highest BCUT2D eigenvalue weighted by Gasteiger charge is 2.42. The van der Waals surface area contributed by atoms with Gasteiger partial charge in [-0.05, 0) is 48.0 Å². The van der Waals surface area contributed by atoms with E-state index in [9.17, 15) is 39.0 Å². The SMILES string of the molecule is C=C(C)C(=O)OCC[N+](C)(C)CC(=O)[O-].COC(=O)C(C)(C)Br.COC(=O)C(C)(C)CC(C)(Br)C(=O)OCC[N+](C)(C)CC(=O)[O-]. The van der Waals surface area contributed by atoms with Crippen LogP contribution in [-0.2, 0) is 47.7 Å². The number of alkyl halides is 2. The first kappa shape index (κ1) is 47.8. The molecule has 0 radical (unpaired) electrons. The Bertz CT molecular complexity index is 1060. The fourth-order valence-electron chi connectivity index (χ4n) is 3.39. The Balaban J connectivity index is -0.000000685. The fourth-order valence-corrected chi connectivity index (χ4v) is 4.37. The fraction of sp³-hybridized carbons (Fsp3) is 0.733. The molecule has 16 heteroatoms. The zero-order chi connectivity index (χ0) is 37.3. The summed E-state index contributed by atoms with van der Waals surface area (Å²) in [5, 5.41) is 21.0. The molecule has 0 amide bonds. The number of likely N-dealkylation sites (N-methyl/N-ethyl adjacent to an activating group) is 2. The van der Waals surface area contributed by atoms with E-state index in [2.05, 4.69) is 43.2 Å². The summed E-state index contributed by atoms with van der Waals surface area (Å²) in [4.78, 5) is 66.5. The molecule has 14 nitrogen and oxygen atoms in total. The summed E-state index contributed by atoms with van der Waals surface area (Å²) in [6, 6.07) is 0. The molecule has 0 aliphatic heterocycles. The first-order chi connectivity index (χ1) is 20.5. The van der Waals surface area contributed by atoms with Crippen LogP contribution in [0.5, 0.6) is 0 Å². The summed E-state index contributed by atoms with van der Waals surface area (Å²) in [5.74, 6) is -3.91. The molecule has 0 aromatic heterocycles. The molecular formula is C30H52Br2N2O12. The Kier molecular flexibility index (Phi) is 21.5. The number of esters is 4. The molecule has 0 bridgehead atoms. The van der Waals surface area contributed by atoms with Crippen molar-refractivity contribution in [2.24, 2.45) is 5.41 Å². The van der Waals surface area contributed by atoms with Gasteiger partial charge in [-0.1, -0.05) is 38.4 Å². The van der Waals surface area contributed by atoms with Gasteiger partial charge >= 0.3 is 23.9 Å². The number of nitrogens with zero attached hydrogens (tertiary/aromatic N) is 2. The zero-order valence-corrected chi connectivity index (χ0v) is 32.4. The van der Waals surface area contributed by atoms with Gasteiger partial charge in [0.05, 0.1) is 59.8 Å². The van der Waals surface area contributed by atoms with Crippen LogP contribution >= 0.6 is 31.9 Å². The van der Waals surface area contributed by atoms with Crippen molar-refractivity contribution in [3.8, 4) is 0 Å². The molecule has 0 N–H and O–H groups in total. The number of carboxylic acid groups (broad SMARTS) is 2. The highest BCUT2D eigenvalue weighted by Crippen LogP contribution is 2.35. The first-order valence-electron chi connectivity index (χ1n) is 14.0. The van der Waals surface area contributed by atoms with Crippen molar-refractivity contribution in [2.75, 3.05) is 81.8 Å². The second kappa shape index (κ2) is 20.6. The van der Waals surface area contributed by atoms with Crippen LogP contribution < -0.4 is 10.2 Å². The number of halogens is 2. The molecule has 0 spiro atoms. The Morgan fingerprint density at radius 3 is 1.35 bits per heavy atom. The molecule has 0 rings (SSSR count). The number of ether oxygens (including phenoxy) is 4. The quantitative estimate of drug-likeness (QED) is 0.0689. The summed E-state index contributed by atoms with van der Waals surface area (Å²) < 4.78 is 18.0. The van der Waals surface area contributed by atoms with Gasteiger partial charge in [0.25, 0.3) is 0 Å². The van der Waals surface area contributed by atoms with E-state index in [-0.39, 0.29) is 47.7 Å². The highest BCUT2D eigenvalue weighted by molar-refractivity contribution is 9.10. The van der Waals surface area contributed by atoms with Crippen LogP contribution in [0.3, 0.4) is 0 Å². The van der Waals surface area contributed by atoms with Crippen LogP contribution in [0.4, 0.5) is 0 Å². The lowest BCUT2D eigenvalue weighted by Gasteiger charge is -2.32. The van der Waals surface area contributed by atoms with Crippen LogP contribution in [-0.4, -0.2) is 135 Å². The number of rotatable bonds is 16. The minimum atomic E-state index is -1.16. The van der Waals surface area contributed by atoms with Gasteiger partial charge in [0, 0.05) is 5.57 Å². The van der Waals surface area contributed by atoms with Crippen molar-refractivity contribution in [1.29, 1.82) is 0 Å². The number of carbonyl (C=O) groups is 6. The molecule has 0 saturated carbocycles. The maximum Gasteiger partial charge on any atom is 0.333 e. The topological polar surface area (TPSA) is 185 Å². The molecule has 1 atom stereocenters. The van der Waals surface area contributed by atoms with Gasteiger partial charge < -0.3 is 47.7 Å². The van der Waals surface area contributed by atoms with Gasteiger partial charge in [-0.2, -0.15) is 0 Å². The summed E-state index contributed by atoms with van der Waals surface area (Å²) >= 11 is 6.44. The summed E-state index contributed by atoms with van der Waals surface area (Å²) in [6.45, 7) is 14.2. The number of carbonyl (C=O) groups excluding carboxylic acids is 6. The Morgan fingerprint density at radius 2 is 1.07 bits per heavy atom. The van der Waals surface area contributed by atoms with Gasteiger partial charge in [0.2, 0.25) is 0 Å². The van der Waals surface area contributed by atoms with E-state index in [1.165, 1.54) is 14.2 Å². The van der Waals surface area contributed by atoms with Crippen molar-refractivity contribution in [1.82, 2.24) is 0 Å². The average Bonchev–Trinajstić information content (AvgIpc) is 2.85. The van der Waals surface area contributed by atoms with Crippen LogP contribution in [0.2, 0.25) is 0 Å². The smallest absolute Gasteiger partial charge is 0.333 e.